The summed E-state index contributed by atoms with van der Waals surface area (Å²) in [6.07, 6.45) is -3.89. The molecule has 0 aliphatic carbocycles. The normalized spacial score (nSPS) is 17.9. The van der Waals surface area contributed by atoms with E-state index in [1.54, 1.807) is 0 Å². The topological polar surface area (TPSA) is 55.7 Å². The fraction of sp³-hybridized carbons (Fsp3) is 0.250. The van der Waals surface area contributed by atoms with Crippen LogP contribution in [0, 0.1) is 0 Å². The molecule has 33 heavy (non-hydrogen) atoms. The molecule has 3 aromatic carbocycles. The number of likely N-dealkylation sites (tertiary alicyclic amines) is 1. The maximum atomic E-state index is 13.0. The highest BCUT2D eigenvalue weighted by atomic mass is 35.5. The van der Waals surface area contributed by atoms with Gasteiger partial charge in [0.25, 0.3) is 0 Å². The van der Waals surface area contributed by atoms with Crippen molar-refractivity contribution in [3.8, 4) is 11.1 Å². The molecule has 1 fully saturated rings. The van der Waals surface area contributed by atoms with Crippen LogP contribution in [0.15, 0.2) is 77.7 Å². The molecule has 3 aromatic rings. The molecule has 1 heterocycles. The zero-order chi connectivity index (χ0) is 23.6. The summed E-state index contributed by atoms with van der Waals surface area (Å²) in [6.45, 7) is 1.98. The van der Waals surface area contributed by atoms with E-state index in [1.165, 1.54) is 12.1 Å². The monoisotopic (exact) mass is 496 g/mol. The van der Waals surface area contributed by atoms with Crippen LogP contribution in [0.25, 0.3) is 11.1 Å². The van der Waals surface area contributed by atoms with E-state index in [4.69, 9.17) is 11.6 Å². The van der Waals surface area contributed by atoms with Crippen molar-refractivity contribution in [2.24, 2.45) is 0 Å². The van der Waals surface area contributed by atoms with E-state index < -0.39 is 22.5 Å². The average Bonchev–Trinajstić information content (AvgIpc) is 3.20. The van der Waals surface area contributed by atoms with Crippen LogP contribution in [-0.2, 0) is 12.7 Å². The SMILES string of the molecule is OS(O)(N[C@@H]1CCN(Cc2ccc(-c3ccccc3Cl)cc2)C1)c1cccc(C(F)(F)F)c1. The summed E-state index contributed by atoms with van der Waals surface area (Å²) in [5, 5.41) is 0.693. The van der Waals surface area contributed by atoms with E-state index in [1.807, 2.05) is 48.5 Å². The first-order valence-electron chi connectivity index (χ1n) is 10.4. The molecule has 3 N–H and O–H groups in total. The van der Waals surface area contributed by atoms with Crippen molar-refractivity contribution in [2.75, 3.05) is 13.1 Å². The van der Waals surface area contributed by atoms with Gasteiger partial charge in [0.2, 0.25) is 0 Å². The largest absolute Gasteiger partial charge is 0.416 e. The van der Waals surface area contributed by atoms with Crippen LogP contribution in [-0.4, -0.2) is 33.1 Å². The van der Waals surface area contributed by atoms with Gasteiger partial charge in [-0.05, 0) is 41.8 Å². The summed E-state index contributed by atoms with van der Waals surface area (Å²) in [6, 6.07) is 19.7. The van der Waals surface area contributed by atoms with Crippen LogP contribution in [0.5, 0.6) is 0 Å². The number of hydrogen-bond donors (Lipinski definition) is 3. The van der Waals surface area contributed by atoms with E-state index in [-0.39, 0.29) is 10.9 Å². The fourth-order valence-electron chi connectivity index (χ4n) is 3.97. The zero-order valence-electron chi connectivity index (χ0n) is 17.6. The van der Waals surface area contributed by atoms with Crippen LogP contribution in [0.3, 0.4) is 0 Å². The first-order valence-corrected chi connectivity index (χ1v) is 12.3. The van der Waals surface area contributed by atoms with Crippen molar-refractivity contribution in [2.45, 2.75) is 30.1 Å². The molecule has 1 atom stereocenters. The molecule has 0 unspecified atom stereocenters. The molecular formula is C24H24ClF3N2O2S. The van der Waals surface area contributed by atoms with Gasteiger partial charge in [-0.15, -0.1) is 10.8 Å². The van der Waals surface area contributed by atoms with Gasteiger partial charge in [-0.3, -0.25) is 14.0 Å². The van der Waals surface area contributed by atoms with Gasteiger partial charge in [0, 0.05) is 36.3 Å². The molecule has 0 amide bonds. The standard InChI is InChI=1S/C24H24ClF3N2O2S/c25-23-7-2-1-6-22(23)18-10-8-17(9-11-18)15-30-13-12-20(16-30)29-33(31,32)21-5-3-4-19(14-21)24(26,27)28/h1-11,14,20,29,31-32H,12-13,15-16H2/t20-/m1/s1. The number of rotatable bonds is 6. The summed E-state index contributed by atoms with van der Waals surface area (Å²) >= 11 is 6.27. The van der Waals surface area contributed by atoms with Gasteiger partial charge in [0.1, 0.15) is 0 Å². The number of halogens is 4. The molecule has 1 saturated heterocycles. The van der Waals surface area contributed by atoms with Crippen molar-refractivity contribution in [3.63, 3.8) is 0 Å². The first-order chi connectivity index (χ1) is 15.6. The highest BCUT2D eigenvalue weighted by molar-refractivity contribution is 8.22. The van der Waals surface area contributed by atoms with Crippen LogP contribution >= 0.6 is 22.4 Å². The lowest BCUT2D eigenvalue weighted by molar-refractivity contribution is -0.137. The van der Waals surface area contributed by atoms with E-state index in [0.717, 1.165) is 35.4 Å². The molecule has 0 saturated carbocycles. The molecule has 0 spiro atoms. The minimum absolute atomic E-state index is 0.161. The second-order valence-electron chi connectivity index (χ2n) is 8.09. The number of hydrogen-bond acceptors (Lipinski definition) is 4. The Labute approximate surface area is 197 Å². The Kier molecular flexibility index (Phi) is 7.04. The van der Waals surface area contributed by atoms with Gasteiger partial charge >= 0.3 is 6.18 Å². The molecule has 1 aliphatic heterocycles. The Bertz CT molecular complexity index is 1110. The Morgan fingerprint density at radius 2 is 1.73 bits per heavy atom. The lowest BCUT2D eigenvalue weighted by Gasteiger charge is -2.36. The zero-order valence-corrected chi connectivity index (χ0v) is 19.2. The second-order valence-corrected chi connectivity index (χ2v) is 10.3. The van der Waals surface area contributed by atoms with Gasteiger partial charge in [-0.2, -0.15) is 13.2 Å². The van der Waals surface area contributed by atoms with Gasteiger partial charge in [0.05, 0.1) is 10.5 Å². The predicted octanol–water partition coefficient (Wildman–Crippen LogP) is 6.91. The van der Waals surface area contributed by atoms with Crippen LogP contribution in [0.2, 0.25) is 5.02 Å². The van der Waals surface area contributed by atoms with Crippen LogP contribution in [0.4, 0.5) is 13.2 Å². The fourth-order valence-corrected chi connectivity index (χ4v) is 5.56. The summed E-state index contributed by atoms with van der Waals surface area (Å²) < 4.78 is 62.7. The van der Waals surface area contributed by atoms with Gasteiger partial charge in [-0.25, -0.2) is 4.72 Å². The van der Waals surface area contributed by atoms with E-state index in [9.17, 15) is 22.3 Å². The summed E-state index contributed by atoms with van der Waals surface area (Å²) in [5.41, 5.74) is 2.20. The van der Waals surface area contributed by atoms with Crippen LogP contribution in [0.1, 0.15) is 17.5 Å². The molecular weight excluding hydrogens is 473 g/mol. The Hall–Kier alpha value is -2.07. The van der Waals surface area contributed by atoms with E-state index >= 15 is 0 Å². The molecule has 9 heteroatoms. The Balaban J connectivity index is 1.36. The lowest BCUT2D eigenvalue weighted by Crippen LogP contribution is -2.34. The highest BCUT2D eigenvalue weighted by Crippen LogP contribution is 2.46. The van der Waals surface area contributed by atoms with E-state index in [0.29, 0.717) is 24.5 Å². The molecule has 0 radical (unpaired) electrons. The maximum Gasteiger partial charge on any atom is 0.416 e. The summed E-state index contributed by atoms with van der Waals surface area (Å²) in [7, 11) is -3.55. The number of nitrogens with zero attached hydrogens (tertiary/aromatic N) is 1. The van der Waals surface area contributed by atoms with Crippen molar-refractivity contribution in [3.05, 3.63) is 88.9 Å². The minimum atomic E-state index is -4.54. The molecule has 0 bridgehead atoms. The third kappa shape index (κ3) is 5.90. The van der Waals surface area contributed by atoms with Gasteiger partial charge in [0.15, 0.2) is 0 Å². The van der Waals surface area contributed by atoms with Gasteiger partial charge < -0.3 is 0 Å². The van der Waals surface area contributed by atoms with Crippen molar-refractivity contribution < 1.29 is 22.3 Å². The second kappa shape index (κ2) is 9.66. The Morgan fingerprint density at radius 1 is 1.00 bits per heavy atom. The molecule has 0 aromatic heterocycles. The number of nitrogens with one attached hydrogen (secondary N) is 1. The smallest absolute Gasteiger partial charge is 0.297 e. The molecule has 176 valence electrons. The first kappa shape index (κ1) is 24.1. The molecule has 4 rings (SSSR count). The summed E-state index contributed by atoms with van der Waals surface area (Å²) in [4.78, 5) is 2.01. The minimum Gasteiger partial charge on any atom is -0.297 e. The maximum absolute atomic E-state index is 13.0. The highest BCUT2D eigenvalue weighted by Gasteiger charge is 2.33. The third-order valence-electron chi connectivity index (χ3n) is 5.64. The number of alkyl halides is 3. The van der Waals surface area contributed by atoms with E-state index in [2.05, 4.69) is 9.62 Å². The molecule has 1 aliphatic rings. The van der Waals surface area contributed by atoms with Crippen LogP contribution < -0.4 is 4.72 Å². The Morgan fingerprint density at radius 3 is 2.42 bits per heavy atom. The van der Waals surface area contributed by atoms with Crippen molar-refractivity contribution in [1.29, 1.82) is 0 Å². The average molecular weight is 497 g/mol. The quantitative estimate of drug-likeness (QED) is 0.347. The summed E-state index contributed by atoms with van der Waals surface area (Å²) in [5.74, 6) is 0. The van der Waals surface area contributed by atoms with Crippen molar-refractivity contribution in [1.82, 2.24) is 9.62 Å². The third-order valence-corrected chi connectivity index (χ3v) is 7.54. The van der Waals surface area contributed by atoms with Gasteiger partial charge in [-0.1, -0.05) is 60.1 Å². The molecule has 4 nitrogen and oxygen atoms in total. The number of benzene rings is 3. The predicted molar refractivity (Wildman–Crippen MR) is 126 cm³/mol. The lowest BCUT2D eigenvalue weighted by atomic mass is 10.0. The van der Waals surface area contributed by atoms with Crippen molar-refractivity contribution >= 4 is 22.4 Å².